The van der Waals surface area contributed by atoms with Crippen LogP contribution in [0.5, 0.6) is 0 Å². The summed E-state index contributed by atoms with van der Waals surface area (Å²) in [4.78, 5) is 28.8. The predicted octanol–water partition coefficient (Wildman–Crippen LogP) is 6.46. The molecule has 7 rings (SSSR count). The fourth-order valence-corrected chi connectivity index (χ4v) is 13.2. The van der Waals surface area contributed by atoms with Crippen molar-refractivity contribution in [3.05, 3.63) is 109 Å². The number of nitriles is 1. The van der Waals surface area contributed by atoms with Gasteiger partial charge in [0.25, 0.3) is 8.32 Å². The zero-order valence-electron chi connectivity index (χ0n) is 30.7. The number of fused-ring (bicyclic) bond motifs is 1. The lowest BCUT2D eigenvalue weighted by atomic mass is 9.66. The van der Waals surface area contributed by atoms with E-state index in [1.54, 1.807) is 24.8 Å². The standard InChI is InChI=1S/C41H46N6O4Si/c1-38(2,3)52(30-13-9-7-10-14-30,31-15-11-8-12-16-31)51-35-19-20-41(27-47(37(48)50-41)36-24-43-34(23-44-36)39(4,5)49)25-40(35,6)26-46-28-45-32-18-17-29(22-42)21-33(32)46/h7-18,21,23-24,28,35,49H,19-20,25-27H2,1-6H3/t35-,40+,41+/m1/s1. The molecule has 0 bridgehead atoms. The van der Waals surface area contributed by atoms with Crippen molar-refractivity contribution in [2.45, 2.75) is 89.7 Å². The van der Waals surface area contributed by atoms with Crippen molar-refractivity contribution in [2.24, 2.45) is 5.41 Å². The van der Waals surface area contributed by atoms with Crippen molar-refractivity contribution in [1.29, 1.82) is 5.26 Å². The lowest BCUT2D eigenvalue weighted by molar-refractivity contribution is -0.0879. The maximum absolute atomic E-state index is 13.6. The summed E-state index contributed by atoms with van der Waals surface area (Å²) in [5, 5.41) is 22.3. The molecule has 5 aromatic rings. The number of rotatable bonds is 8. The minimum atomic E-state index is -2.97. The van der Waals surface area contributed by atoms with Crippen LogP contribution in [-0.2, 0) is 21.3 Å². The van der Waals surface area contributed by atoms with Gasteiger partial charge in [-0.3, -0.25) is 9.88 Å². The van der Waals surface area contributed by atoms with Crippen LogP contribution in [0.2, 0.25) is 5.04 Å². The number of carbonyl (C=O) groups excluding carboxylic acids is 1. The molecule has 11 heteroatoms. The van der Waals surface area contributed by atoms with Gasteiger partial charge in [-0.05, 0) is 66.7 Å². The van der Waals surface area contributed by atoms with E-state index in [0.29, 0.717) is 49.4 Å². The Bertz CT molecular complexity index is 2080. The molecule has 2 aliphatic rings. The number of aliphatic hydroxyl groups is 1. The first-order valence-electron chi connectivity index (χ1n) is 17.9. The summed E-state index contributed by atoms with van der Waals surface area (Å²) in [7, 11) is -2.97. The van der Waals surface area contributed by atoms with Gasteiger partial charge in [-0.2, -0.15) is 5.26 Å². The Labute approximate surface area is 306 Å². The Morgan fingerprint density at radius 3 is 2.23 bits per heavy atom. The second-order valence-electron chi connectivity index (χ2n) is 16.3. The monoisotopic (exact) mass is 714 g/mol. The maximum atomic E-state index is 13.6. The molecule has 2 aromatic heterocycles. The van der Waals surface area contributed by atoms with Crippen molar-refractivity contribution in [2.75, 3.05) is 11.4 Å². The van der Waals surface area contributed by atoms with Crippen LogP contribution >= 0.6 is 0 Å². The zero-order valence-corrected chi connectivity index (χ0v) is 31.7. The summed E-state index contributed by atoms with van der Waals surface area (Å²) < 4.78 is 16.4. The van der Waals surface area contributed by atoms with E-state index in [1.165, 1.54) is 22.8 Å². The van der Waals surface area contributed by atoms with Gasteiger partial charge in [0, 0.05) is 12.0 Å². The molecule has 3 heterocycles. The fourth-order valence-electron chi connectivity index (χ4n) is 8.38. The van der Waals surface area contributed by atoms with Crippen LogP contribution in [0.25, 0.3) is 11.0 Å². The summed E-state index contributed by atoms with van der Waals surface area (Å²) in [6.07, 6.45) is 5.96. The third-order valence-electron chi connectivity index (χ3n) is 10.9. The van der Waals surface area contributed by atoms with Crippen LogP contribution in [0.4, 0.5) is 10.6 Å². The Morgan fingerprint density at radius 1 is 0.981 bits per heavy atom. The predicted molar refractivity (Wildman–Crippen MR) is 203 cm³/mol. The van der Waals surface area contributed by atoms with Gasteiger partial charge in [-0.15, -0.1) is 0 Å². The van der Waals surface area contributed by atoms with Crippen molar-refractivity contribution < 1.29 is 19.1 Å². The van der Waals surface area contributed by atoms with E-state index in [4.69, 9.17) is 14.1 Å². The SMILES string of the molecule is CC(C)(O)c1cnc(N2C[C@@]3(CC[C@@H](O[Si](c4ccccc4)(c4ccccc4)C(C)(C)C)[C@](C)(Cn4cnc5ccc(C#N)cc54)C3)OC2=O)cn1. The second kappa shape index (κ2) is 13.0. The molecule has 1 saturated heterocycles. The van der Waals surface area contributed by atoms with Gasteiger partial charge in [0.05, 0.1) is 59.7 Å². The fraction of sp³-hybridized carbons (Fsp3) is 0.390. The largest absolute Gasteiger partial charge is 0.441 e. The summed E-state index contributed by atoms with van der Waals surface area (Å²) >= 11 is 0. The van der Waals surface area contributed by atoms with Crippen LogP contribution in [0.1, 0.15) is 72.1 Å². The quantitative estimate of drug-likeness (QED) is 0.182. The summed E-state index contributed by atoms with van der Waals surface area (Å²) in [6, 6.07) is 29.1. The van der Waals surface area contributed by atoms with Crippen LogP contribution in [0.3, 0.4) is 0 Å². The van der Waals surface area contributed by atoms with E-state index in [2.05, 4.69) is 96.8 Å². The Morgan fingerprint density at radius 2 is 1.65 bits per heavy atom. The summed E-state index contributed by atoms with van der Waals surface area (Å²) in [6.45, 7) is 13.2. The van der Waals surface area contributed by atoms with E-state index in [-0.39, 0.29) is 11.1 Å². The molecule has 268 valence electrons. The van der Waals surface area contributed by atoms with Gasteiger partial charge in [0.2, 0.25) is 0 Å². The van der Waals surface area contributed by atoms with Crippen molar-refractivity contribution in [3.8, 4) is 6.07 Å². The molecule has 0 unspecified atom stereocenters. The average molecular weight is 715 g/mol. The van der Waals surface area contributed by atoms with Crippen molar-refractivity contribution in [1.82, 2.24) is 19.5 Å². The second-order valence-corrected chi connectivity index (χ2v) is 20.5. The molecule has 1 saturated carbocycles. The number of anilines is 1. The highest BCUT2D eigenvalue weighted by Crippen LogP contribution is 2.51. The van der Waals surface area contributed by atoms with Gasteiger partial charge in [0.15, 0.2) is 5.82 Å². The van der Waals surface area contributed by atoms with Gasteiger partial charge in [-0.25, -0.2) is 14.8 Å². The molecular weight excluding hydrogens is 669 g/mol. The molecule has 1 N–H and O–H groups in total. The molecule has 1 spiro atoms. The number of nitrogens with zero attached hydrogens (tertiary/aromatic N) is 6. The molecule has 0 radical (unpaired) electrons. The number of aromatic nitrogens is 4. The number of hydrogen-bond donors (Lipinski definition) is 1. The minimum Gasteiger partial charge on any atom is -0.441 e. The Hall–Kier alpha value is -4.89. The van der Waals surface area contributed by atoms with E-state index >= 15 is 0 Å². The van der Waals surface area contributed by atoms with Crippen molar-refractivity contribution in [3.63, 3.8) is 0 Å². The third kappa shape index (κ3) is 6.29. The first kappa shape index (κ1) is 35.5. The number of carbonyl (C=O) groups is 1. The van der Waals surface area contributed by atoms with Gasteiger partial charge >= 0.3 is 6.09 Å². The average Bonchev–Trinajstić information content (AvgIpc) is 3.66. The normalized spacial score (nSPS) is 22.5. The van der Waals surface area contributed by atoms with E-state index in [1.807, 2.05) is 30.6 Å². The molecule has 1 aliphatic carbocycles. The van der Waals surface area contributed by atoms with Gasteiger partial charge in [0.1, 0.15) is 11.2 Å². The first-order valence-corrected chi connectivity index (χ1v) is 19.8. The third-order valence-corrected chi connectivity index (χ3v) is 15.9. The molecule has 1 amide bonds. The van der Waals surface area contributed by atoms with Crippen LogP contribution < -0.4 is 15.3 Å². The molecular formula is C41H46N6O4Si. The van der Waals surface area contributed by atoms with E-state index in [0.717, 1.165) is 11.0 Å². The van der Waals surface area contributed by atoms with Gasteiger partial charge in [-0.1, -0.05) is 88.4 Å². The zero-order chi connectivity index (χ0) is 36.9. The Balaban J connectivity index is 1.31. The highest BCUT2D eigenvalue weighted by Gasteiger charge is 2.59. The number of ether oxygens (including phenoxy) is 1. The number of hydrogen-bond acceptors (Lipinski definition) is 8. The summed E-state index contributed by atoms with van der Waals surface area (Å²) in [5.41, 5.74) is 0.155. The lowest BCUT2D eigenvalue weighted by Crippen LogP contribution is -2.69. The van der Waals surface area contributed by atoms with Crippen LogP contribution in [0.15, 0.2) is 97.6 Å². The van der Waals surface area contributed by atoms with E-state index < -0.39 is 31.0 Å². The van der Waals surface area contributed by atoms with Crippen LogP contribution in [0, 0.1) is 16.7 Å². The molecule has 52 heavy (non-hydrogen) atoms. The smallest absolute Gasteiger partial charge is 0.416 e. The van der Waals surface area contributed by atoms with Gasteiger partial charge < -0.3 is 18.8 Å². The summed E-state index contributed by atoms with van der Waals surface area (Å²) in [5.74, 6) is 0.381. The molecule has 2 fully saturated rings. The Kier molecular flexibility index (Phi) is 8.84. The number of imidazole rings is 1. The number of benzene rings is 3. The minimum absolute atomic E-state index is 0.223. The van der Waals surface area contributed by atoms with Crippen LogP contribution in [-0.4, -0.2) is 57.3 Å². The highest BCUT2D eigenvalue weighted by molar-refractivity contribution is 6.99. The molecule has 10 nitrogen and oxygen atoms in total. The molecule has 3 aromatic carbocycles. The first-order chi connectivity index (χ1) is 24.7. The van der Waals surface area contributed by atoms with E-state index in [9.17, 15) is 15.2 Å². The lowest BCUT2D eigenvalue weighted by Gasteiger charge is -2.53. The maximum Gasteiger partial charge on any atom is 0.416 e. The number of amides is 1. The molecule has 1 aliphatic heterocycles. The molecule has 3 atom stereocenters. The topological polar surface area (TPSA) is 126 Å². The van der Waals surface area contributed by atoms with Crippen molar-refractivity contribution >= 4 is 41.6 Å². The highest BCUT2D eigenvalue weighted by atomic mass is 28.4.